The van der Waals surface area contributed by atoms with Gasteiger partial charge in [-0.3, -0.25) is 9.78 Å². The smallest absolute Gasteiger partial charge is 0.312 e. The van der Waals surface area contributed by atoms with Gasteiger partial charge in [0.2, 0.25) is 0 Å². The normalized spacial score (nSPS) is 17.5. The van der Waals surface area contributed by atoms with Crippen LogP contribution in [0.5, 0.6) is 0 Å². The van der Waals surface area contributed by atoms with Crippen LogP contribution in [0.15, 0.2) is 12.1 Å². The monoisotopic (exact) mass is 274 g/mol. The van der Waals surface area contributed by atoms with Gasteiger partial charge in [0.1, 0.15) is 10.9 Å². The number of pyridine rings is 1. The molecule has 0 saturated heterocycles. The fourth-order valence-electron chi connectivity index (χ4n) is 2.55. The highest BCUT2D eigenvalue weighted by molar-refractivity contribution is 7.15. The number of hydrogen-bond donors (Lipinski definition) is 1. The van der Waals surface area contributed by atoms with E-state index in [4.69, 9.17) is 0 Å². The van der Waals surface area contributed by atoms with Crippen LogP contribution < -0.4 is 0 Å². The summed E-state index contributed by atoms with van der Waals surface area (Å²) >= 11 is 1.61. The summed E-state index contributed by atoms with van der Waals surface area (Å²) in [7, 11) is 0. The van der Waals surface area contributed by atoms with Crippen molar-refractivity contribution in [1.82, 2.24) is 9.97 Å². The fraction of sp³-hybridized carbons (Fsp3) is 0.357. The van der Waals surface area contributed by atoms with Crippen molar-refractivity contribution in [3.05, 3.63) is 34.1 Å². The predicted molar refractivity (Wildman–Crippen MR) is 73.5 cm³/mol. The lowest BCUT2D eigenvalue weighted by Gasteiger charge is -2.03. The van der Waals surface area contributed by atoms with Crippen LogP contribution in [-0.2, 0) is 11.2 Å². The summed E-state index contributed by atoms with van der Waals surface area (Å²) in [6.45, 7) is 3.91. The second kappa shape index (κ2) is 4.42. The van der Waals surface area contributed by atoms with Crippen LogP contribution in [0.25, 0.3) is 10.6 Å². The van der Waals surface area contributed by atoms with Crippen LogP contribution >= 0.6 is 11.3 Å². The van der Waals surface area contributed by atoms with Gasteiger partial charge in [0.05, 0.1) is 5.69 Å². The highest BCUT2D eigenvalue weighted by atomic mass is 32.1. The summed E-state index contributed by atoms with van der Waals surface area (Å²) in [5.74, 6) is -1.19. The molecule has 0 saturated carbocycles. The van der Waals surface area contributed by atoms with Crippen molar-refractivity contribution < 1.29 is 9.90 Å². The molecule has 0 aromatic carbocycles. The number of nitrogens with zero attached hydrogens (tertiary/aromatic N) is 2. The molecule has 2 heterocycles. The summed E-state index contributed by atoms with van der Waals surface area (Å²) in [5, 5.41) is 10.1. The van der Waals surface area contributed by atoms with Crippen molar-refractivity contribution >= 4 is 17.3 Å². The van der Waals surface area contributed by atoms with Gasteiger partial charge >= 0.3 is 5.97 Å². The highest BCUT2D eigenvalue weighted by Crippen LogP contribution is 2.39. The molecule has 0 bridgehead atoms. The Morgan fingerprint density at radius 1 is 1.32 bits per heavy atom. The topological polar surface area (TPSA) is 63.1 Å². The van der Waals surface area contributed by atoms with Gasteiger partial charge in [-0.2, -0.15) is 0 Å². The molecule has 1 unspecified atom stereocenters. The van der Waals surface area contributed by atoms with Gasteiger partial charge in [-0.25, -0.2) is 4.98 Å². The van der Waals surface area contributed by atoms with Crippen molar-refractivity contribution in [3.8, 4) is 10.6 Å². The van der Waals surface area contributed by atoms with E-state index in [2.05, 4.69) is 9.97 Å². The Bertz CT molecular complexity index is 643. The molecule has 0 spiro atoms. The molecule has 98 valence electrons. The SMILES string of the molecule is Cc1cc(-c2nc3c(s2)CCC3C(=O)O)cc(C)n1. The van der Waals surface area contributed by atoms with Crippen LogP contribution in [0, 0.1) is 13.8 Å². The van der Waals surface area contributed by atoms with E-state index in [0.717, 1.165) is 39.0 Å². The lowest BCUT2D eigenvalue weighted by atomic mass is 10.1. The molecule has 5 heteroatoms. The third kappa shape index (κ3) is 2.14. The molecule has 0 aliphatic heterocycles. The first-order valence-electron chi connectivity index (χ1n) is 6.22. The van der Waals surface area contributed by atoms with Crippen LogP contribution in [0.3, 0.4) is 0 Å². The lowest BCUT2D eigenvalue weighted by molar-refractivity contribution is -0.138. The zero-order valence-corrected chi connectivity index (χ0v) is 11.6. The molecule has 4 nitrogen and oxygen atoms in total. The number of aromatic nitrogens is 2. The van der Waals surface area contributed by atoms with Crippen molar-refractivity contribution in [3.63, 3.8) is 0 Å². The maximum atomic E-state index is 11.2. The molecule has 1 atom stereocenters. The largest absolute Gasteiger partial charge is 0.481 e. The Labute approximate surface area is 115 Å². The van der Waals surface area contributed by atoms with Crippen molar-refractivity contribution in [2.24, 2.45) is 0 Å². The second-order valence-electron chi connectivity index (χ2n) is 4.90. The molecule has 19 heavy (non-hydrogen) atoms. The molecule has 3 rings (SSSR count). The van der Waals surface area contributed by atoms with Crippen LogP contribution in [0.2, 0.25) is 0 Å². The molecule has 0 radical (unpaired) electrons. The van der Waals surface area contributed by atoms with Gasteiger partial charge in [0, 0.05) is 21.8 Å². The minimum absolute atomic E-state index is 0.427. The van der Waals surface area contributed by atoms with Crippen molar-refractivity contribution in [2.75, 3.05) is 0 Å². The standard InChI is InChI=1S/C14H14N2O2S/c1-7-5-9(6-8(2)15-7)13-16-12-10(14(17)18)3-4-11(12)19-13/h5-6,10H,3-4H2,1-2H3,(H,17,18). The van der Waals surface area contributed by atoms with Gasteiger partial charge in [-0.1, -0.05) is 0 Å². The number of hydrogen-bond acceptors (Lipinski definition) is 4. The number of carbonyl (C=O) groups is 1. The number of carboxylic acid groups (broad SMARTS) is 1. The van der Waals surface area contributed by atoms with Gasteiger partial charge in [-0.15, -0.1) is 11.3 Å². The van der Waals surface area contributed by atoms with E-state index >= 15 is 0 Å². The van der Waals surface area contributed by atoms with E-state index in [1.165, 1.54) is 0 Å². The number of carboxylic acids is 1. The predicted octanol–water partition coefficient (Wildman–Crippen LogP) is 2.94. The Morgan fingerprint density at radius 2 is 2.00 bits per heavy atom. The quantitative estimate of drug-likeness (QED) is 0.914. The van der Waals surface area contributed by atoms with Gasteiger partial charge in [0.25, 0.3) is 0 Å². The summed E-state index contributed by atoms with van der Waals surface area (Å²) in [4.78, 5) is 21.2. The number of aliphatic carboxylic acids is 1. The molecule has 0 amide bonds. The first kappa shape index (κ1) is 12.3. The summed E-state index contributed by atoms with van der Waals surface area (Å²) in [6, 6.07) is 3.99. The molecular formula is C14H14N2O2S. The Kier molecular flexibility index (Phi) is 2.86. The number of fused-ring (bicyclic) bond motifs is 1. The van der Waals surface area contributed by atoms with Crippen LogP contribution in [0.1, 0.15) is 34.3 Å². The molecule has 1 aliphatic carbocycles. The molecule has 0 fully saturated rings. The van der Waals surface area contributed by atoms with Crippen LogP contribution in [0.4, 0.5) is 0 Å². The van der Waals surface area contributed by atoms with Crippen LogP contribution in [-0.4, -0.2) is 21.0 Å². The third-order valence-corrected chi connectivity index (χ3v) is 4.52. The van der Waals surface area contributed by atoms with Gasteiger partial charge < -0.3 is 5.11 Å². The zero-order valence-electron chi connectivity index (χ0n) is 10.8. The average Bonchev–Trinajstić information content (AvgIpc) is 2.85. The van der Waals surface area contributed by atoms with E-state index in [1.54, 1.807) is 11.3 Å². The third-order valence-electron chi connectivity index (χ3n) is 3.34. The lowest BCUT2D eigenvalue weighted by Crippen LogP contribution is -2.08. The molecule has 2 aromatic rings. The van der Waals surface area contributed by atoms with E-state index in [1.807, 2.05) is 26.0 Å². The molecule has 2 aromatic heterocycles. The number of thiazole rings is 1. The first-order chi connectivity index (χ1) is 9.04. The molecular weight excluding hydrogens is 260 g/mol. The molecule has 1 N–H and O–H groups in total. The highest BCUT2D eigenvalue weighted by Gasteiger charge is 2.32. The molecule has 1 aliphatic rings. The van der Waals surface area contributed by atoms with E-state index in [9.17, 15) is 9.90 Å². The Hall–Kier alpha value is -1.75. The summed E-state index contributed by atoms with van der Waals surface area (Å²) in [6.07, 6.45) is 1.51. The van der Waals surface area contributed by atoms with E-state index < -0.39 is 11.9 Å². The van der Waals surface area contributed by atoms with Gasteiger partial charge in [-0.05, 0) is 38.8 Å². The Balaban J connectivity index is 2.04. The number of aryl methyl sites for hydroxylation is 3. The van der Waals surface area contributed by atoms with Crippen molar-refractivity contribution in [2.45, 2.75) is 32.6 Å². The van der Waals surface area contributed by atoms with E-state index in [-0.39, 0.29) is 0 Å². The minimum Gasteiger partial charge on any atom is -0.481 e. The maximum absolute atomic E-state index is 11.2. The zero-order chi connectivity index (χ0) is 13.6. The minimum atomic E-state index is -0.766. The maximum Gasteiger partial charge on any atom is 0.312 e. The summed E-state index contributed by atoms with van der Waals surface area (Å²) < 4.78 is 0. The first-order valence-corrected chi connectivity index (χ1v) is 7.04. The van der Waals surface area contributed by atoms with Crippen molar-refractivity contribution in [1.29, 1.82) is 0 Å². The Morgan fingerprint density at radius 3 is 2.63 bits per heavy atom. The average molecular weight is 274 g/mol. The van der Waals surface area contributed by atoms with E-state index in [0.29, 0.717) is 6.42 Å². The number of rotatable bonds is 2. The fourth-order valence-corrected chi connectivity index (χ4v) is 3.67. The van der Waals surface area contributed by atoms with Gasteiger partial charge in [0.15, 0.2) is 0 Å². The summed E-state index contributed by atoms with van der Waals surface area (Å²) in [5.41, 5.74) is 3.72. The second-order valence-corrected chi connectivity index (χ2v) is 5.98.